The summed E-state index contributed by atoms with van der Waals surface area (Å²) in [4.78, 5) is 23.7. The van der Waals surface area contributed by atoms with Crippen LogP contribution in [0.25, 0.3) is 10.9 Å². The van der Waals surface area contributed by atoms with E-state index in [0.717, 1.165) is 30.7 Å². The van der Waals surface area contributed by atoms with Crippen LogP contribution in [-0.2, 0) is 17.4 Å². The first-order valence-corrected chi connectivity index (χ1v) is 12.3. The maximum Gasteiger partial charge on any atom is 0.416 e. The Kier molecular flexibility index (Phi) is 6.75. The quantitative estimate of drug-likeness (QED) is 0.345. The van der Waals surface area contributed by atoms with Crippen LogP contribution in [0.15, 0.2) is 79.1 Å². The number of rotatable bonds is 4. The molecule has 0 radical (unpaired) electrons. The molecule has 2 aromatic carbocycles. The van der Waals surface area contributed by atoms with Crippen LogP contribution < -0.4 is 5.32 Å². The summed E-state index contributed by atoms with van der Waals surface area (Å²) in [5.74, 6) is -0.486. The van der Waals surface area contributed by atoms with E-state index >= 15 is 0 Å². The molecule has 1 aliphatic rings. The SMILES string of the molecule is O=S=C1C(c2ccccn2)CCCN1C(=O)c1ccc(Nc2ccnc3cc(C(F)(F)F)ccc23)cc1. The molecule has 10 heteroatoms. The normalized spacial score (nSPS) is 16.0. The molecular formula is C27H21F3N4O2S. The Morgan fingerprint density at radius 2 is 1.81 bits per heavy atom. The Hall–Kier alpha value is -4.05. The number of hydrogen-bond acceptors (Lipinski definition) is 5. The smallest absolute Gasteiger partial charge is 0.355 e. The van der Waals surface area contributed by atoms with Crippen molar-refractivity contribution in [2.24, 2.45) is 0 Å². The second-order valence-electron chi connectivity index (χ2n) is 8.62. The Balaban J connectivity index is 1.36. The van der Waals surface area contributed by atoms with Gasteiger partial charge in [0, 0.05) is 41.3 Å². The van der Waals surface area contributed by atoms with E-state index in [2.05, 4.69) is 15.3 Å². The second-order valence-corrected chi connectivity index (χ2v) is 9.20. The molecule has 1 N–H and O–H groups in total. The molecule has 1 aliphatic heterocycles. The average molecular weight is 523 g/mol. The molecule has 37 heavy (non-hydrogen) atoms. The summed E-state index contributed by atoms with van der Waals surface area (Å²) in [5, 5.41) is 3.72. The van der Waals surface area contributed by atoms with E-state index in [0.29, 0.717) is 45.1 Å². The van der Waals surface area contributed by atoms with Crippen LogP contribution in [0.2, 0.25) is 0 Å². The van der Waals surface area contributed by atoms with Crippen molar-refractivity contribution >= 4 is 44.4 Å². The van der Waals surface area contributed by atoms with Crippen LogP contribution in [0.4, 0.5) is 24.5 Å². The van der Waals surface area contributed by atoms with Crippen molar-refractivity contribution < 1.29 is 22.2 Å². The van der Waals surface area contributed by atoms with E-state index in [-0.39, 0.29) is 17.3 Å². The predicted molar refractivity (Wildman–Crippen MR) is 137 cm³/mol. The highest BCUT2D eigenvalue weighted by Crippen LogP contribution is 2.33. The van der Waals surface area contributed by atoms with Crippen LogP contribution in [0.3, 0.4) is 0 Å². The minimum atomic E-state index is -4.45. The third-order valence-corrected chi connectivity index (χ3v) is 6.97. The molecule has 3 heterocycles. The molecule has 0 saturated carbocycles. The zero-order valence-corrected chi connectivity index (χ0v) is 20.2. The zero-order valence-electron chi connectivity index (χ0n) is 19.4. The van der Waals surface area contributed by atoms with Crippen molar-refractivity contribution in [2.75, 3.05) is 11.9 Å². The first kappa shape index (κ1) is 24.6. The number of nitrogens with one attached hydrogen (secondary N) is 1. The van der Waals surface area contributed by atoms with Gasteiger partial charge < -0.3 is 5.32 Å². The lowest BCUT2D eigenvalue weighted by Crippen LogP contribution is -2.44. The standard InChI is InChI=1S/C27H21F3N4O2S/c28-27(29,30)18-8-11-20-23(12-14-32-24(20)16-18)33-19-9-6-17(7-10-19)25(35)34-15-3-4-21(26(34)37-36)22-5-1-2-13-31-22/h1-2,5-14,16,21H,3-4,15H2,(H,32,33). The summed E-state index contributed by atoms with van der Waals surface area (Å²) in [6.45, 7) is 0.454. The predicted octanol–water partition coefficient (Wildman–Crippen LogP) is 5.75. The largest absolute Gasteiger partial charge is 0.416 e. The minimum absolute atomic E-state index is 0.220. The summed E-state index contributed by atoms with van der Waals surface area (Å²) in [7, 11) is 0. The fraction of sp³-hybridized carbons (Fsp3) is 0.185. The lowest BCUT2D eigenvalue weighted by atomic mass is 9.93. The van der Waals surface area contributed by atoms with E-state index in [1.165, 1.54) is 17.2 Å². The maximum absolute atomic E-state index is 13.3. The number of piperidine rings is 1. The average Bonchev–Trinajstić information content (AvgIpc) is 2.92. The highest BCUT2D eigenvalue weighted by Gasteiger charge is 2.33. The number of hydrogen-bond donors (Lipinski definition) is 1. The van der Waals surface area contributed by atoms with Crippen molar-refractivity contribution in [1.29, 1.82) is 0 Å². The molecule has 0 aliphatic carbocycles. The first-order valence-electron chi connectivity index (χ1n) is 11.6. The number of fused-ring (bicyclic) bond motifs is 1. The van der Waals surface area contributed by atoms with Crippen LogP contribution in [0.5, 0.6) is 0 Å². The number of pyridine rings is 2. The van der Waals surface area contributed by atoms with Crippen LogP contribution in [0, 0.1) is 0 Å². The third-order valence-electron chi connectivity index (χ3n) is 6.29. The summed E-state index contributed by atoms with van der Waals surface area (Å²) in [5.41, 5.74) is 1.89. The van der Waals surface area contributed by atoms with Crippen molar-refractivity contribution in [3.05, 3.63) is 95.9 Å². The molecule has 0 bridgehead atoms. The number of benzene rings is 2. The minimum Gasteiger partial charge on any atom is -0.355 e. The number of likely N-dealkylation sites (tertiary alicyclic amines) is 1. The van der Waals surface area contributed by atoms with Crippen LogP contribution >= 0.6 is 0 Å². The topological polar surface area (TPSA) is 75.2 Å². The van der Waals surface area contributed by atoms with Gasteiger partial charge in [-0.1, -0.05) is 12.1 Å². The van der Waals surface area contributed by atoms with Gasteiger partial charge in [-0.05, 0) is 67.4 Å². The third kappa shape index (κ3) is 5.10. The molecule has 1 fully saturated rings. The molecule has 0 spiro atoms. The zero-order chi connectivity index (χ0) is 26.0. The molecule has 4 aromatic rings. The van der Waals surface area contributed by atoms with Crippen LogP contribution in [-0.4, -0.2) is 36.5 Å². The van der Waals surface area contributed by atoms with E-state index in [1.54, 1.807) is 36.5 Å². The number of carbonyl (C=O) groups is 1. The molecule has 1 amide bonds. The number of amides is 1. The van der Waals surface area contributed by atoms with Gasteiger partial charge in [-0.15, -0.1) is 0 Å². The fourth-order valence-corrected chi connectivity index (χ4v) is 5.10. The molecule has 2 aromatic heterocycles. The Morgan fingerprint density at radius 3 is 2.51 bits per heavy atom. The lowest BCUT2D eigenvalue weighted by Gasteiger charge is -2.33. The molecule has 188 valence electrons. The molecule has 1 atom stereocenters. The number of carbonyl (C=O) groups excluding carboxylic acids is 1. The molecular weight excluding hydrogens is 501 g/mol. The molecule has 6 nitrogen and oxygen atoms in total. The Bertz CT molecular complexity index is 1500. The number of aromatic nitrogens is 2. The summed E-state index contributed by atoms with van der Waals surface area (Å²) in [6.07, 6.45) is 0.168. The first-order chi connectivity index (χ1) is 17.8. The monoisotopic (exact) mass is 522 g/mol. The Labute approximate surface area is 214 Å². The van der Waals surface area contributed by atoms with Gasteiger partial charge in [0.05, 0.1) is 22.7 Å². The highest BCUT2D eigenvalue weighted by atomic mass is 32.1. The number of nitrogens with zero attached hydrogens (tertiary/aromatic N) is 3. The van der Waals surface area contributed by atoms with Gasteiger partial charge in [-0.3, -0.25) is 19.7 Å². The summed E-state index contributed by atoms with van der Waals surface area (Å²) in [6, 6.07) is 17.4. The van der Waals surface area contributed by atoms with Crippen molar-refractivity contribution in [2.45, 2.75) is 24.9 Å². The molecule has 1 unspecified atom stereocenters. The fourth-order valence-electron chi connectivity index (χ4n) is 4.48. The van der Waals surface area contributed by atoms with Crippen molar-refractivity contribution in [3.8, 4) is 0 Å². The van der Waals surface area contributed by atoms with Crippen LogP contribution in [0.1, 0.15) is 40.4 Å². The number of alkyl halides is 3. The molecule has 1 saturated heterocycles. The van der Waals surface area contributed by atoms with E-state index in [4.69, 9.17) is 0 Å². The van der Waals surface area contributed by atoms with Crippen molar-refractivity contribution in [1.82, 2.24) is 14.9 Å². The van der Waals surface area contributed by atoms with E-state index in [1.807, 2.05) is 18.2 Å². The van der Waals surface area contributed by atoms with E-state index in [9.17, 15) is 22.2 Å². The van der Waals surface area contributed by atoms with Crippen molar-refractivity contribution in [3.63, 3.8) is 0 Å². The Morgan fingerprint density at radius 1 is 1.00 bits per heavy atom. The van der Waals surface area contributed by atoms with Gasteiger partial charge in [-0.2, -0.15) is 13.2 Å². The highest BCUT2D eigenvalue weighted by molar-refractivity contribution is 7.66. The van der Waals surface area contributed by atoms with Gasteiger partial charge >= 0.3 is 6.18 Å². The van der Waals surface area contributed by atoms with Gasteiger partial charge in [0.1, 0.15) is 16.2 Å². The molecule has 5 rings (SSSR count). The van der Waals surface area contributed by atoms with Gasteiger partial charge in [0.15, 0.2) is 0 Å². The number of halogens is 3. The van der Waals surface area contributed by atoms with Gasteiger partial charge in [0.25, 0.3) is 5.91 Å². The van der Waals surface area contributed by atoms with E-state index < -0.39 is 11.7 Å². The summed E-state index contributed by atoms with van der Waals surface area (Å²) >= 11 is 0.331. The van der Waals surface area contributed by atoms with Gasteiger partial charge in [0.2, 0.25) is 0 Å². The summed E-state index contributed by atoms with van der Waals surface area (Å²) < 4.78 is 51.2. The lowest BCUT2D eigenvalue weighted by molar-refractivity contribution is -0.137. The maximum atomic E-state index is 13.3. The van der Waals surface area contributed by atoms with Gasteiger partial charge in [-0.25, -0.2) is 4.21 Å². The number of anilines is 2. The second kappa shape index (κ2) is 10.1.